The molecule has 1 aromatic heterocycles. The Morgan fingerprint density at radius 3 is 2.53 bits per heavy atom. The number of aliphatic imine (C=N–C) groups is 1. The fraction of sp³-hybridized carbons (Fsp3) is 0.188. The average molecular weight is 601 g/mol. The van der Waals surface area contributed by atoms with Gasteiger partial charge in [0.05, 0.1) is 18.5 Å². The number of alkyl carbamates (subject to hydrolysis) is 1. The molecule has 43 heavy (non-hydrogen) atoms. The van der Waals surface area contributed by atoms with Gasteiger partial charge in [-0.05, 0) is 73.0 Å². The number of benzene rings is 3. The van der Waals surface area contributed by atoms with Crippen LogP contribution in [-0.2, 0) is 27.5 Å². The van der Waals surface area contributed by atoms with Gasteiger partial charge < -0.3 is 19.8 Å². The molecule has 1 aliphatic heterocycles. The van der Waals surface area contributed by atoms with Gasteiger partial charge in [-0.2, -0.15) is 0 Å². The summed E-state index contributed by atoms with van der Waals surface area (Å²) in [6.45, 7) is 3.60. The summed E-state index contributed by atoms with van der Waals surface area (Å²) in [4.78, 5) is 44.6. The van der Waals surface area contributed by atoms with Crippen LogP contribution in [-0.4, -0.2) is 34.0 Å². The highest BCUT2D eigenvalue weighted by molar-refractivity contribution is 8.15. The van der Waals surface area contributed by atoms with E-state index in [4.69, 9.17) is 14.1 Å². The molecule has 3 amide bonds. The van der Waals surface area contributed by atoms with E-state index in [1.165, 1.54) is 23.9 Å². The number of nitrogens with zero attached hydrogens (tertiary/aromatic N) is 2. The maximum absolute atomic E-state index is 13.7. The molecule has 0 aliphatic carbocycles. The average Bonchev–Trinajstić information content (AvgIpc) is 3.62. The lowest BCUT2D eigenvalue weighted by Gasteiger charge is -2.16. The number of aryl methyl sites for hydroxylation is 1. The first-order valence-corrected chi connectivity index (χ1v) is 14.4. The molecule has 0 radical (unpaired) electrons. The van der Waals surface area contributed by atoms with Gasteiger partial charge in [0.25, 0.3) is 0 Å². The Kier molecular flexibility index (Phi) is 9.21. The molecule has 0 bridgehead atoms. The lowest BCUT2D eigenvalue weighted by molar-refractivity contribution is -0.126. The maximum atomic E-state index is 13.7. The van der Waals surface area contributed by atoms with Crippen LogP contribution in [0.4, 0.5) is 20.6 Å². The van der Waals surface area contributed by atoms with E-state index >= 15 is 0 Å². The second-order valence-electron chi connectivity index (χ2n) is 9.87. The number of thioether (sulfide) groups is 1. The summed E-state index contributed by atoms with van der Waals surface area (Å²) < 4.78 is 24.3. The number of amidine groups is 1. The van der Waals surface area contributed by atoms with Crippen LogP contribution >= 0.6 is 11.8 Å². The fourth-order valence-corrected chi connectivity index (χ4v) is 5.47. The van der Waals surface area contributed by atoms with Gasteiger partial charge in [0.2, 0.25) is 11.8 Å². The molecule has 1 unspecified atom stereocenters. The van der Waals surface area contributed by atoms with Crippen LogP contribution in [0.3, 0.4) is 0 Å². The molecule has 0 spiro atoms. The molecule has 4 aromatic rings. The quantitative estimate of drug-likeness (QED) is 0.227. The van der Waals surface area contributed by atoms with E-state index in [9.17, 15) is 18.8 Å². The number of nitrogens with one attached hydrogen (secondary N) is 2. The van der Waals surface area contributed by atoms with E-state index in [1.807, 2.05) is 30.3 Å². The Labute approximate surface area is 252 Å². The third kappa shape index (κ3) is 7.49. The van der Waals surface area contributed by atoms with Gasteiger partial charge in [-0.1, -0.05) is 54.2 Å². The molecule has 2 N–H and O–H groups in total. The number of rotatable bonds is 9. The van der Waals surface area contributed by atoms with Crippen molar-refractivity contribution in [3.05, 3.63) is 119 Å². The van der Waals surface area contributed by atoms with E-state index in [1.54, 1.807) is 67.5 Å². The molecule has 2 heterocycles. The summed E-state index contributed by atoms with van der Waals surface area (Å²) in [5.41, 5.74) is 3.26. The van der Waals surface area contributed by atoms with Gasteiger partial charge in [0.15, 0.2) is 5.17 Å². The third-order valence-corrected chi connectivity index (χ3v) is 7.87. The van der Waals surface area contributed by atoms with Gasteiger partial charge in [-0.15, -0.1) is 0 Å². The molecular weight excluding hydrogens is 571 g/mol. The van der Waals surface area contributed by atoms with Gasteiger partial charge in [-0.3, -0.25) is 14.5 Å². The summed E-state index contributed by atoms with van der Waals surface area (Å²) in [6, 6.07) is 23.1. The number of ether oxygens (including phenoxy) is 1. The van der Waals surface area contributed by atoms with E-state index in [-0.39, 0.29) is 24.9 Å². The molecular formula is C32H29FN4O5S. The Morgan fingerprint density at radius 2 is 1.84 bits per heavy atom. The Balaban J connectivity index is 1.24. The van der Waals surface area contributed by atoms with Crippen LogP contribution in [0.1, 0.15) is 34.6 Å². The fourth-order valence-electron chi connectivity index (χ4n) is 4.30. The molecule has 9 nitrogen and oxygen atoms in total. The van der Waals surface area contributed by atoms with Crippen molar-refractivity contribution >= 4 is 46.2 Å². The molecule has 220 valence electrons. The van der Waals surface area contributed by atoms with Crippen molar-refractivity contribution in [2.24, 2.45) is 4.99 Å². The van der Waals surface area contributed by atoms with Crippen molar-refractivity contribution in [1.29, 1.82) is 0 Å². The zero-order valence-electron chi connectivity index (χ0n) is 23.5. The molecule has 1 fully saturated rings. The number of hydrogen-bond donors (Lipinski definition) is 2. The largest absolute Gasteiger partial charge is 0.467 e. The summed E-state index contributed by atoms with van der Waals surface area (Å²) in [5.74, 6) is -0.363. The Bertz CT molecular complexity index is 1630. The van der Waals surface area contributed by atoms with Crippen LogP contribution in [0.15, 0.2) is 101 Å². The number of anilines is 1. The zero-order valence-corrected chi connectivity index (χ0v) is 24.3. The smallest absolute Gasteiger partial charge is 0.408 e. The minimum absolute atomic E-state index is 0.0925. The highest BCUT2D eigenvalue weighted by atomic mass is 32.2. The maximum Gasteiger partial charge on any atom is 0.408 e. The highest BCUT2D eigenvalue weighted by Gasteiger charge is 2.39. The Hall–Kier alpha value is -4.90. The number of carbonyl (C=O) groups excluding carboxylic acids is 3. The lowest BCUT2D eigenvalue weighted by atomic mass is 10.1. The summed E-state index contributed by atoms with van der Waals surface area (Å²) in [5, 5.41) is 5.17. The number of carbonyl (C=O) groups is 3. The third-order valence-electron chi connectivity index (χ3n) is 6.63. The number of hydrogen-bond acceptors (Lipinski definition) is 7. The minimum Gasteiger partial charge on any atom is -0.467 e. The van der Waals surface area contributed by atoms with Crippen LogP contribution in [0.5, 0.6) is 0 Å². The van der Waals surface area contributed by atoms with Crippen LogP contribution in [0.2, 0.25) is 0 Å². The number of amides is 3. The number of halogens is 1. The van der Waals surface area contributed by atoms with Gasteiger partial charge in [0, 0.05) is 5.69 Å². The minimum atomic E-state index is -0.848. The summed E-state index contributed by atoms with van der Waals surface area (Å²) >= 11 is 1.29. The van der Waals surface area contributed by atoms with Gasteiger partial charge in [0.1, 0.15) is 29.5 Å². The van der Waals surface area contributed by atoms with Crippen LogP contribution in [0, 0.1) is 12.7 Å². The molecule has 0 saturated carbocycles. The van der Waals surface area contributed by atoms with Crippen molar-refractivity contribution in [3.63, 3.8) is 0 Å². The molecule has 3 aromatic carbocycles. The highest BCUT2D eigenvalue weighted by Crippen LogP contribution is 2.41. The van der Waals surface area contributed by atoms with E-state index in [2.05, 4.69) is 10.6 Å². The first-order valence-electron chi connectivity index (χ1n) is 13.5. The second-order valence-corrected chi connectivity index (χ2v) is 10.9. The first kappa shape index (κ1) is 29.6. The molecule has 2 atom stereocenters. The van der Waals surface area contributed by atoms with E-state index < -0.39 is 23.3 Å². The summed E-state index contributed by atoms with van der Waals surface area (Å²) in [6.07, 6.45) is 0.837. The monoisotopic (exact) mass is 600 g/mol. The Morgan fingerprint density at radius 1 is 1.07 bits per heavy atom. The lowest BCUT2D eigenvalue weighted by Crippen LogP contribution is -2.41. The zero-order chi connectivity index (χ0) is 30.3. The van der Waals surface area contributed by atoms with Crippen molar-refractivity contribution in [1.82, 2.24) is 10.2 Å². The topological polar surface area (TPSA) is 113 Å². The normalized spacial score (nSPS) is 16.3. The molecule has 1 saturated heterocycles. The van der Waals surface area contributed by atoms with Crippen molar-refractivity contribution in [3.8, 4) is 0 Å². The van der Waals surface area contributed by atoms with Gasteiger partial charge in [-0.25, -0.2) is 14.2 Å². The molecule has 5 rings (SSSR count). The SMILES string of the molecule is Cc1cc(F)ccc1N=C1SC(c2ccc(NC(=O)[C@H](C)NC(=O)OCc3ccccc3)cc2)C(=O)N1Cc1ccco1. The number of furan rings is 1. The van der Waals surface area contributed by atoms with Crippen molar-refractivity contribution in [2.75, 3.05) is 5.32 Å². The van der Waals surface area contributed by atoms with Crippen LogP contribution in [0.25, 0.3) is 0 Å². The molecule has 1 aliphatic rings. The standard InChI is InChI=1S/C32H29FN4O5S/c1-20-17-24(33)12-15-27(20)36-31-37(18-26-9-6-16-41-26)30(39)28(43-31)23-10-13-25(14-11-23)35-29(38)21(2)34-32(40)42-19-22-7-4-3-5-8-22/h3-17,21,28H,18-19H2,1-2H3,(H,34,40)(H,35,38)/t21-,28?/m0/s1. The molecule has 11 heteroatoms. The second kappa shape index (κ2) is 13.4. The van der Waals surface area contributed by atoms with E-state index in [0.717, 1.165) is 5.56 Å². The van der Waals surface area contributed by atoms with Gasteiger partial charge >= 0.3 is 6.09 Å². The predicted octanol–water partition coefficient (Wildman–Crippen LogP) is 6.48. The van der Waals surface area contributed by atoms with Crippen molar-refractivity contribution < 1.29 is 27.9 Å². The summed E-state index contributed by atoms with van der Waals surface area (Å²) in [7, 11) is 0. The van der Waals surface area contributed by atoms with Crippen LogP contribution < -0.4 is 10.6 Å². The first-order chi connectivity index (χ1) is 20.8. The van der Waals surface area contributed by atoms with Crippen molar-refractivity contribution in [2.45, 2.75) is 38.3 Å². The predicted molar refractivity (Wildman–Crippen MR) is 162 cm³/mol. The van der Waals surface area contributed by atoms with E-state index in [0.29, 0.717) is 33.4 Å².